The van der Waals surface area contributed by atoms with Gasteiger partial charge in [-0.2, -0.15) is 11.8 Å². The van der Waals surface area contributed by atoms with Crippen LogP contribution in [-0.2, 0) is 0 Å². The molecule has 3 heteroatoms. The van der Waals surface area contributed by atoms with E-state index in [0.717, 1.165) is 19.6 Å². The van der Waals surface area contributed by atoms with Crippen LogP contribution in [0.3, 0.4) is 0 Å². The van der Waals surface area contributed by atoms with E-state index in [-0.39, 0.29) is 6.10 Å². The van der Waals surface area contributed by atoms with Gasteiger partial charge in [0.15, 0.2) is 0 Å². The highest BCUT2D eigenvalue weighted by atomic mass is 32.2. The van der Waals surface area contributed by atoms with Gasteiger partial charge < -0.3 is 5.11 Å². The number of hydrogen-bond donors (Lipinski definition) is 1. The Morgan fingerprint density at radius 2 is 2.10 bits per heavy atom. The Kier molecular flexibility index (Phi) is 3.52. The molecule has 1 aliphatic heterocycles. The van der Waals surface area contributed by atoms with Crippen molar-refractivity contribution in [3.05, 3.63) is 0 Å². The molecule has 10 heavy (non-hydrogen) atoms. The molecule has 0 aromatic carbocycles. The van der Waals surface area contributed by atoms with Gasteiger partial charge in [-0.05, 0) is 6.92 Å². The second kappa shape index (κ2) is 4.21. The van der Waals surface area contributed by atoms with Crippen molar-refractivity contribution >= 4 is 11.8 Å². The minimum Gasteiger partial charge on any atom is -0.392 e. The molecule has 2 nitrogen and oxygen atoms in total. The van der Waals surface area contributed by atoms with Crippen molar-refractivity contribution in [1.29, 1.82) is 0 Å². The van der Waals surface area contributed by atoms with Gasteiger partial charge in [-0.1, -0.05) is 0 Å². The smallest absolute Gasteiger partial charge is 0.0639 e. The first kappa shape index (κ1) is 8.37. The minimum absolute atomic E-state index is 0.164. The summed E-state index contributed by atoms with van der Waals surface area (Å²) >= 11 is 2.00. The first-order chi connectivity index (χ1) is 4.79. The zero-order chi connectivity index (χ0) is 7.40. The fourth-order valence-electron chi connectivity index (χ4n) is 1.16. The van der Waals surface area contributed by atoms with Gasteiger partial charge in [0.1, 0.15) is 0 Å². The third kappa shape index (κ3) is 2.90. The Balaban J connectivity index is 2.13. The van der Waals surface area contributed by atoms with Crippen LogP contribution >= 0.6 is 11.8 Å². The molecule has 1 heterocycles. The van der Waals surface area contributed by atoms with Crippen molar-refractivity contribution in [2.45, 2.75) is 13.0 Å². The number of nitrogens with zero attached hydrogens (tertiary/aromatic N) is 1. The maximum absolute atomic E-state index is 9.06. The van der Waals surface area contributed by atoms with Crippen LogP contribution in [0, 0.1) is 0 Å². The lowest BCUT2D eigenvalue weighted by Gasteiger charge is -2.26. The van der Waals surface area contributed by atoms with Crippen LogP contribution in [0.15, 0.2) is 0 Å². The van der Waals surface area contributed by atoms with Gasteiger partial charge >= 0.3 is 0 Å². The minimum atomic E-state index is -0.164. The molecule has 1 fully saturated rings. The van der Waals surface area contributed by atoms with Gasteiger partial charge in [-0.15, -0.1) is 0 Å². The molecule has 1 atom stereocenters. The zero-order valence-electron chi connectivity index (χ0n) is 6.42. The van der Waals surface area contributed by atoms with E-state index in [0.29, 0.717) is 0 Å². The molecule has 60 valence electrons. The normalized spacial score (nSPS) is 24.6. The van der Waals surface area contributed by atoms with E-state index in [1.807, 2.05) is 18.7 Å². The Labute approximate surface area is 66.6 Å². The van der Waals surface area contributed by atoms with E-state index >= 15 is 0 Å². The summed E-state index contributed by atoms with van der Waals surface area (Å²) in [6.45, 7) is 4.99. The lowest BCUT2D eigenvalue weighted by molar-refractivity contribution is 0.133. The summed E-state index contributed by atoms with van der Waals surface area (Å²) in [5.41, 5.74) is 0. The van der Waals surface area contributed by atoms with Crippen LogP contribution in [-0.4, -0.2) is 47.3 Å². The van der Waals surface area contributed by atoms with Crippen LogP contribution in [0.2, 0.25) is 0 Å². The van der Waals surface area contributed by atoms with E-state index in [1.165, 1.54) is 11.5 Å². The van der Waals surface area contributed by atoms with Crippen LogP contribution in [0.5, 0.6) is 0 Å². The van der Waals surface area contributed by atoms with Crippen molar-refractivity contribution in [2.75, 3.05) is 31.1 Å². The number of thioether (sulfide) groups is 1. The van der Waals surface area contributed by atoms with Crippen LogP contribution in [0.1, 0.15) is 6.92 Å². The third-order valence-corrected chi connectivity index (χ3v) is 2.57. The summed E-state index contributed by atoms with van der Waals surface area (Å²) < 4.78 is 0. The molecule has 0 aromatic heterocycles. The number of aliphatic hydroxyl groups excluding tert-OH is 1. The SMILES string of the molecule is C[C@@H](O)CN1CCSCC1. The van der Waals surface area contributed by atoms with E-state index in [1.54, 1.807) is 0 Å². The Hall–Kier alpha value is 0.270. The summed E-state index contributed by atoms with van der Waals surface area (Å²) in [6, 6.07) is 0. The standard InChI is InChI=1S/C7H15NOS/c1-7(9)6-8-2-4-10-5-3-8/h7,9H,2-6H2,1H3/t7-/m1/s1. The Morgan fingerprint density at radius 1 is 1.50 bits per heavy atom. The maximum atomic E-state index is 9.06. The van der Waals surface area contributed by atoms with E-state index < -0.39 is 0 Å². The second-order valence-corrected chi connectivity index (χ2v) is 3.99. The average molecular weight is 161 g/mol. The number of β-amino-alcohol motifs (C(OH)–C–C–N with tert-alkyl or cyclic N) is 1. The van der Waals surface area contributed by atoms with Crippen molar-refractivity contribution in [2.24, 2.45) is 0 Å². The van der Waals surface area contributed by atoms with Crippen LogP contribution in [0.4, 0.5) is 0 Å². The molecule has 0 aliphatic carbocycles. The fraction of sp³-hybridized carbons (Fsp3) is 1.00. The lowest BCUT2D eigenvalue weighted by Crippen LogP contribution is -2.37. The molecule has 1 rings (SSSR count). The van der Waals surface area contributed by atoms with Gasteiger partial charge in [0.05, 0.1) is 6.10 Å². The average Bonchev–Trinajstić information content (AvgIpc) is 1.88. The molecule has 0 radical (unpaired) electrons. The van der Waals surface area contributed by atoms with Gasteiger partial charge in [0.25, 0.3) is 0 Å². The molecular formula is C7H15NOS. The quantitative estimate of drug-likeness (QED) is 0.635. The highest BCUT2D eigenvalue weighted by Crippen LogP contribution is 2.08. The second-order valence-electron chi connectivity index (χ2n) is 2.76. The molecule has 0 saturated carbocycles. The molecule has 1 saturated heterocycles. The molecule has 0 aromatic rings. The largest absolute Gasteiger partial charge is 0.392 e. The zero-order valence-corrected chi connectivity index (χ0v) is 7.23. The topological polar surface area (TPSA) is 23.5 Å². The molecule has 0 amide bonds. The van der Waals surface area contributed by atoms with Gasteiger partial charge in [-0.3, -0.25) is 4.90 Å². The lowest BCUT2D eigenvalue weighted by atomic mass is 10.3. The highest BCUT2D eigenvalue weighted by Gasteiger charge is 2.11. The van der Waals surface area contributed by atoms with Crippen LogP contribution < -0.4 is 0 Å². The monoisotopic (exact) mass is 161 g/mol. The molecule has 0 bridgehead atoms. The number of hydrogen-bond acceptors (Lipinski definition) is 3. The fourth-order valence-corrected chi connectivity index (χ4v) is 2.14. The summed E-state index contributed by atoms with van der Waals surface area (Å²) in [6.07, 6.45) is -0.164. The summed E-state index contributed by atoms with van der Waals surface area (Å²) in [5, 5.41) is 9.06. The molecular weight excluding hydrogens is 146 g/mol. The number of aliphatic hydroxyl groups is 1. The molecule has 1 N–H and O–H groups in total. The maximum Gasteiger partial charge on any atom is 0.0639 e. The first-order valence-electron chi connectivity index (χ1n) is 3.77. The highest BCUT2D eigenvalue weighted by molar-refractivity contribution is 7.99. The Morgan fingerprint density at radius 3 is 2.60 bits per heavy atom. The summed E-state index contributed by atoms with van der Waals surface area (Å²) in [4.78, 5) is 2.32. The summed E-state index contributed by atoms with van der Waals surface area (Å²) in [7, 11) is 0. The molecule has 0 unspecified atom stereocenters. The van der Waals surface area contributed by atoms with Crippen molar-refractivity contribution in [3.63, 3.8) is 0 Å². The van der Waals surface area contributed by atoms with E-state index in [4.69, 9.17) is 5.11 Å². The Bertz CT molecular complexity index is 91.6. The van der Waals surface area contributed by atoms with Gasteiger partial charge in [-0.25, -0.2) is 0 Å². The van der Waals surface area contributed by atoms with Gasteiger partial charge in [0.2, 0.25) is 0 Å². The first-order valence-corrected chi connectivity index (χ1v) is 4.92. The molecule has 1 aliphatic rings. The summed E-state index contributed by atoms with van der Waals surface area (Å²) in [5.74, 6) is 2.46. The predicted octanol–water partition coefficient (Wildman–Crippen LogP) is 0.416. The van der Waals surface area contributed by atoms with Crippen LogP contribution in [0.25, 0.3) is 0 Å². The number of rotatable bonds is 2. The van der Waals surface area contributed by atoms with Crippen molar-refractivity contribution in [3.8, 4) is 0 Å². The van der Waals surface area contributed by atoms with Crippen molar-refractivity contribution in [1.82, 2.24) is 4.90 Å². The molecule has 0 spiro atoms. The third-order valence-electron chi connectivity index (χ3n) is 1.63. The predicted molar refractivity (Wildman–Crippen MR) is 45.4 cm³/mol. The van der Waals surface area contributed by atoms with Crippen molar-refractivity contribution < 1.29 is 5.11 Å². The van der Waals surface area contributed by atoms with Gasteiger partial charge in [0, 0.05) is 31.1 Å². The van der Waals surface area contributed by atoms with E-state index in [2.05, 4.69) is 4.90 Å². The van der Waals surface area contributed by atoms with E-state index in [9.17, 15) is 0 Å².